The molecule has 0 aliphatic rings. The minimum Gasteiger partial charge on any atom is -0.493 e. The van der Waals surface area contributed by atoms with E-state index >= 15 is 0 Å². The number of carbonyl (C=O) groups is 1. The zero-order valence-corrected chi connectivity index (χ0v) is 17.3. The molecule has 4 heteroatoms. The van der Waals surface area contributed by atoms with Gasteiger partial charge in [0, 0.05) is 12.3 Å². The normalized spacial score (nSPS) is 13.3. The Bertz CT molecular complexity index is 544. The van der Waals surface area contributed by atoms with Gasteiger partial charge >= 0.3 is 0 Å². The van der Waals surface area contributed by atoms with Gasteiger partial charge in [0.05, 0.1) is 6.61 Å². The summed E-state index contributed by atoms with van der Waals surface area (Å²) in [4.78, 5) is 12.9. The van der Waals surface area contributed by atoms with Crippen molar-refractivity contribution in [1.82, 2.24) is 0 Å². The highest BCUT2D eigenvalue weighted by molar-refractivity contribution is 5.97. The third kappa shape index (κ3) is 7.36. The predicted molar refractivity (Wildman–Crippen MR) is 109 cm³/mol. The maximum Gasteiger partial charge on any atom is 0.256 e. The Kier molecular flexibility index (Phi) is 10.3. The highest BCUT2D eigenvalue weighted by atomic mass is 16.5. The van der Waals surface area contributed by atoms with E-state index in [1.165, 1.54) is 0 Å². The molecule has 0 aliphatic heterocycles. The largest absolute Gasteiger partial charge is 0.493 e. The van der Waals surface area contributed by atoms with Gasteiger partial charge in [-0.05, 0) is 56.9 Å². The van der Waals surface area contributed by atoms with Gasteiger partial charge in [-0.25, -0.2) is 0 Å². The van der Waals surface area contributed by atoms with Crippen molar-refractivity contribution in [3.8, 4) is 5.75 Å². The van der Waals surface area contributed by atoms with Gasteiger partial charge in [-0.1, -0.05) is 46.5 Å². The lowest BCUT2D eigenvalue weighted by Gasteiger charge is -2.29. The average Bonchev–Trinajstić information content (AvgIpc) is 2.62. The molecule has 1 aromatic carbocycles. The van der Waals surface area contributed by atoms with E-state index in [1.807, 2.05) is 32.0 Å². The predicted octanol–water partition coefficient (Wildman–Crippen LogP) is 5.88. The van der Waals surface area contributed by atoms with Gasteiger partial charge in [0.25, 0.3) is 5.91 Å². The molecule has 4 nitrogen and oxygen atoms in total. The van der Waals surface area contributed by atoms with Crippen LogP contribution in [0.3, 0.4) is 0 Å². The van der Waals surface area contributed by atoms with E-state index in [9.17, 15) is 4.79 Å². The molecule has 26 heavy (non-hydrogen) atoms. The number of anilines is 1. The summed E-state index contributed by atoms with van der Waals surface area (Å²) in [5.74, 6) is 0.811. The van der Waals surface area contributed by atoms with Crippen LogP contribution in [0.15, 0.2) is 18.2 Å². The molecular weight excluding hydrogens is 326 g/mol. The van der Waals surface area contributed by atoms with Gasteiger partial charge in [0.1, 0.15) is 11.4 Å². The van der Waals surface area contributed by atoms with Crippen LogP contribution in [0, 0.1) is 6.92 Å². The standard InChI is InChI=1S/C22H37NO3/c1-6-9-11-14-22(5,26-15-8-3)21(24)23-19-12-13-20(18(4)17-19)25-16-10-7-2/h12-13,17H,6-11,14-16H2,1-5H3,(H,23,24). The summed E-state index contributed by atoms with van der Waals surface area (Å²) in [6.45, 7) is 11.6. The number of carbonyl (C=O) groups excluding carboxylic acids is 1. The van der Waals surface area contributed by atoms with Crippen molar-refractivity contribution in [3.05, 3.63) is 23.8 Å². The SMILES string of the molecule is CCCCCC(C)(OCCC)C(=O)Nc1ccc(OCCCC)c(C)c1. The number of ether oxygens (including phenoxy) is 2. The molecular formula is C22H37NO3. The Hall–Kier alpha value is -1.55. The first-order valence-corrected chi connectivity index (χ1v) is 10.2. The molecule has 0 heterocycles. The Balaban J connectivity index is 2.76. The third-order valence-electron chi connectivity index (χ3n) is 4.55. The Morgan fingerprint density at radius 3 is 2.38 bits per heavy atom. The molecule has 1 unspecified atom stereocenters. The number of nitrogens with one attached hydrogen (secondary N) is 1. The molecule has 1 aromatic rings. The fraction of sp³-hybridized carbons (Fsp3) is 0.682. The molecule has 0 aliphatic carbocycles. The number of benzene rings is 1. The molecule has 0 saturated heterocycles. The Morgan fingerprint density at radius 2 is 1.77 bits per heavy atom. The Labute approximate surface area is 159 Å². The second-order valence-corrected chi connectivity index (χ2v) is 7.17. The quantitative estimate of drug-likeness (QED) is 0.445. The monoisotopic (exact) mass is 363 g/mol. The van der Waals surface area contributed by atoms with E-state index in [0.717, 1.165) is 68.6 Å². The zero-order chi connectivity index (χ0) is 19.4. The first-order chi connectivity index (χ1) is 12.5. The maximum atomic E-state index is 12.9. The second-order valence-electron chi connectivity index (χ2n) is 7.17. The number of amides is 1. The molecule has 0 saturated carbocycles. The lowest BCUT2D eigenvalue weighted by molar-refractivity contribution is -0.140. The van der Waals surface area contributed by atoms with Crippen LogP contribution in [0.25, 0.3) is 0 Å². The lowest BCUT2D eigenvalue weighted by Crippen LogP contribution is -2.43. The van der Waals surface area contributed by atoms with E-state index in [4.69, 9.17) is 9.47 Å². The number of hydrogen-bond acceptors (Lipinski definition) is 3. The van der Waals surface area contributed by atoms with Crippen LogP contribution in [0.1, 0.15) is 78.2 Å². The van der Waals surface area contributed by atoms with Crippen LogP contribution in [0.5, 0.6) is 5.75 Å². The van der Waals surface area contributed by atoms with E-state index in [0.29, 0.717) is 6.61 Å². The molecule has 1 N–H and O–H groups in total. The fourth-order valence-electron chi connectivity index (χ4n) is 2.77. The number of rotatable bonds is 13. The van der Waals surface area contributed by atoms with E-state index in [1.54, 1.807) is 0 Å². The first kappa shape index (κ1) is 22.5. The lowest BCUT2D eigenvalue weighted by atomic mass is 9.96. The smallest absolute Gasteiger partial charge is 0.256 e. The topological polar surface area (TPSA) is 47.6 Å². The molecule has 0 aromatic heterocycles. The van der Waals surface area contributed by atoms with Gasteiger partial charge < -0.3 is 14.8 Å². The molecule has 0 bridgehead atoms. The van der Waals surface area contributed by atoms with Crippen molar-refractivity contribution >= 4 is 11.6 Å². The van der Waals surface area contributed by atoms with E-state index in [-0.39, 0.29) is 5.91 Å². The zero-order valence-electron chi connectivity index (χ0n) is 17.3. The number of hydrogen-bond donors (Lipinski definition) is 1. The summed E-state index contributed by atoms with van der Waals surface area (Å²) in [7, 11) is 0. The molecule has 0 spiro atoms. The maximum absolute atomic E-state index is 12.9. The van der Waals surface area contributed by atoms with Crippen molar-refractivity contribution in [3.63, 3.8) is 0 Å². The van der Waals surface area contributed by atoms with Crippen molar-refractivity contribution in [1.29, 1.82) is 0 Å². The van der Waals surface area contributed by atoms with Crippen molar-refractivity contribution in [2.24, 2.45) is 0 Å². The molecule has 1 rings (SSSR count). The highest BCUT2D eigenvalue weighted by Gasteiger charge is 2.33. The summed E-state index contributed by atoms with van der Waals surface area (Å²) in [5, 5.41) is 3.03. The van der Waals surface area contributed by atoms with E-state index < -0.39 is 5.60 Å². The van der Waals surface area contributed by atoms with Crippen LogP contribution in [0.4, 0.5) is 5.69 Å². The van der Waals surface area contributed by atoms with Crippen LogP contribution >= 0.6 is 0 Å². The summed E-state index contributed by atoms with van der Waals surface area (Å²) < 4.78 is 11.7. The molecule has 0 fully saturated rings. The molecule has 0 radical (unpaired) electrons. The third-order valence-corrected chi connectivity index (χ3v) is 4.55. The van der Waals surface area contributed by atoms with Gasteiger partial charge in [-0.2, -0.15) is 0 Å². The average molecular weight is 364 g/mol. The number of unbranched alkanes of at least 4 members (excludes halogenated alkanes) is 3. The first-order valence-electron chi connectivity index (χ1n) is 10.2. The van der Waals surface area contributed by atoms with Gasteiger partial charge in [0.15, 0.2) is 0 Å². The highest BCUT2D eigenvalue weighted by Crippen LogP contribution is 2.26. The molecule has 148 valence electrons. The minimum atomic E-state index is -0.782. The minimum absolute atomic E-state index is 0.0684. The molecule has 1 amide bonds. The summed E-state index contributed by atoms with van der Waals surface area (Å²) in [5.41, 5.74) is 1.04. The van der Waals surface area contributed by atoms with Crippen LogP contribution < -0.4 is 10.1 Å². The van der Waals surface area contributed by atoms with Gasteiger partial charge in [-0.3, -0.25) is 4.79 Å². The fourth-order valence-corrected chi connectivity index (χ4v) is 2.77. The number of aryl methyl sites for hydroxylation is 1. The summed E-state index contributed by atoms with van der Waals surface area (Å²) in [6.07, 6.45) is 7.03. The second kappa shape index (κ2) is 11.9. The van der Waals surface area contributed by atoms with Gasteiger partial charge in [0.2, 0.25) is 0 Å². The van der Waals surface area contributed by atoms with E-state index in [2.05, 4.69) is 26.1 Å². The summed E-state index contributed by atoms with van der Waals surface area (Å²) >= 11 is 0. The van der Waals surface area contributed by atoms with Gasteiger partial charge in [-0.15, -0.1) is 0 Å². The summed E-state index contributed by atoms with van der Waals surface area (Å²) in [6, 6.07) is 5.80. The van der Waals surface area contributed by atoms with Crippen LogP contribution in [-0.4, -0.2) is 24.7 Å². The van der Waals surface area contributed by atoms with Crippen molar-refractivity contribution in [2.45, 2.75) is 85.2 Å². The Morgan fingerprint density at radius 1 is 1.04 bits per heavy atom. The molecule has 1 atom stereocenters. The van der Waals surface area contributed by atoms with Crippen LogP contribution in [-0.2, 0) is 9.53 Å². The van der Waals surface area contributed by atoms with Crippen LogP contribution in [0.2, 0.25) is 0 Å². The van der Waals surface area contributed by atoms with Crippen molar-refractivity contribution < 1.29 is 14.3 Å². The van der Waals surface area contributed by atoms with Crippen molar-refractivity contribution in [2.75, 3.05) is 18.5 Å².